The minimum absolute atomic E-state index is 0.102. The first kappa shape index (κ1) is 88.1. The van der Waals surface area contributed by atoms with Gasteiger partial charge >= 0.3 is 39.5 Å². The Labute approximate surface area is 549 Å². The largest absolute Gasteiger partial charge is 0.472 e. The lowest BCUT2D eigenvalue weighted by molar-refractivity contribution is -0.161. The van der Waals surface area contributed by atoms with E-state index >= 15 is 0 Å². The smallest absolute Gasteiger partial charge is 0.462 e. The van der Waals surface area contributed by atoms with Crippen LogP contribution < -0.4 is 0 Å². The number of aliphatic hydroxyl groups is 1. The van der Waals surface area contributed by atoms with E-state index in [4.69, 9.17) is 37.0 Å². The van der Waals surface area contributed by atoms with Crippen LogP contribution in [-0.4, -0.2) is 96.7 Å². The van der Waals surface area contributed by atoms with Gasteiger partial charge in [0, 0.05) is 25.7 Å². The van der Waals surface area contributed by atoms with Crippen LogP contribution >= 0.6 is 15.6 Å². The third-order valence-electron chi connectivity index (χ3n) is 17.4. The van der Waals surface area contributed by atoms with E-state index < -0.39 is 97.5 Å². The summed E-state index contributed by atoms with van der Waals surface area (Å²) in [4.78, 5) is 72.5. The molecular formula is C71H138O17P2. The van der Waals surface area contributed by atoms with E-state index in [1.54, 1.807) is 0 Å². The number of aliphatic hydroxyl groups excluding tert-OH is 1. The standard InChI is InChI=1S/C71H138O17P2/c1-9-62(6)48-40-32-24-18-16-14-12-13-15-17-19-27-37-45-53-70(75)87-66(57-81-68(73)51-43-35-26-21-20-25-33-41-49-63(7)10-2)59-85-89(77,78)83-55-65(72)56-84-90(79,80)86-60-67(88-71(76)54-46-38-30-29-34-42-50-64(8)11-3)58-82-69(74)52-44-36-28-22-23-31-39-47-61(4)5/h61-67,72H,9-60H2,1-8H3,(H,77,78)(H,79,80)/t62?,63?,64?,65?,66-,67-/m1/s1. The van der Waals surface area contributed by atoms with Crippen molar-refractivity contribution in [1.29, 1.82) is 0 Å². The minimum Gasteiger partial charge on any atom is -0.462 e. The van der Waals surface area contributed by atoms with E-state index in [0.29, 0.717) is 31.6 Å². The van der Waals surface area contributed by atoms with Gasteiger partial charge in [-0.3, -0.25) is 37.3 Å². The van der Waals surface area contributed by atoms with Gasteiger partial charge in [0.1, 0.15) is 19.3 Å². The lowest BCUT2D eigenvalue weighted by Crippen LogP contribution is -2.30. The van der Waals surface area contributed by atoms with Gasteiger partial charge in [-0.2, -0.15) is 0 Å². The molecule has 0 fully saturated rings. The van der Waals surface area contributed by atoms with Gasteiger partial charge in [-0.1, -0.05) is 299 Å². The molecule has 3 N–H and O–H groups in total. The molecule has 0 saturated heterocycles. The monoisotopic (exact) mass is 1320 g/mol. The van der Waals surface area contributed by atoms with Gasteiger partial charge in [0.2, 0.25) is 0 Å². The van der Waals surface area contributed by atoms with E-state index in [2.05, 4.69) is 55.4 Å². The Morgan fingerprint density at radius 2 is 0.533 bits per heavy atom. The van der Waals surface area contributed by atoms with E-state index in [9.17, 15) is 43.2 Å². The second kappa shape index (κ2) is 60.7. The molecular weight excluding hydrogens is 1190 g/mol. The van der Waals surface area contributed by atoms with Crippen molar-refractivity contribution in [3.8, 4) is 0 Å². The first-order chi connectivity index (χ1) is 43.2. The molecule has 0 aromatic rings. The Balaban J connectivity index is 5.24. The quantitative estimate of drug-likeness (QED) is 0.0222. The van der Waals surface area contributed by atoms with Gasteiger partial charge in [0.15, 0.2) is 12.2 Å². The molecule has 17 nitrogen and oxygen atoms in total. The van der Waals surface area contributed by atoms with E-state index in [0.717, 1.165) is 114 Å². The van der Waals surface area contributed by atoms with Gasteiger partial charge in [0.05, 0.1) is 26.4 Å². The number of unbranched alkanes of at least 4 members (excludes halogenated alkanes) is 31. The van der Waals surface area contributed by atoms with Crippen molar-refractivity contribution in [2.75, 3.05) is 39.6 Å². The van der Waals surface area contributed by atoms with Crippen molar-refractivity contribution in [1.82, 2.24) is 0 Å². The Morgan fingerprint density at radius 1 is 0.311 bits per heavy atom. The van der Waals surface area contributed by atoms with Crippen molar-refractivity contribution in [3.63, 3.8) is 0 Å². The Hall–Kier alpha value is -1.94. The van der Waals surface area contributed by atoms with E-state index in [1.807, 2.05) is 0 Å². The number of esters is 4. The average Bonchev–Trinajstić information content (AvgIpc) is 3.71. The predicted molar refractivity (Wildman–Crippen MR) is 363 cm³/mol. The van der Waals surface area contributed by atoms with Gasteiger partial charge in [0.25, 0.3) is 0 Å². The van der Waals surface area contributed by atoms with Crippen LogP contribution in [0.15, 0.2) is 0 Å². The molecule has 19 heteroatoms. The zero-order chi connectivity index (χ0) is 66.8. The number of ether oxygens (including phenoxy) is 4. The van der Waals surface area contributed by atoms with Crippen LogP contribution in [0.2, 0.25) is 0 Å². The summed E-state index contributed by atoms with van der Waals surface area (Å²) >= 11 is 0. The topological polar surface area (TPSA) is 237 Å². The molecule has 6 unspecified atom stereocenters. The summed E-state index contributed by atoms with van der Waals surface area (Å²) < 4.78 is 68.3. The number of carbonyl (C=O) groups excluding carboxylic acids is 4. The normalized spacial score (nSPS) is 15.2. The number of carbonyl (C=O) groups is 4. The molecule has 0 aromatic heterocycles. The highest BCUT2D eigenvalue weighted by atomic mass is 31.2. The van der Waals surface area contributed by atoms with Crippen LogP contribution in [-0.2, 0) is 65.4 Å². The zero-order valence-corrected chi connectivity index (χ0v) is 60.6. The summed E-state index contributed by atoms with van der Waals surface area (Å²) in [5.41, 5.74) is 0. The first-order valence-corrected chi connectivity index (χ1v) is 39.8. The second-order valence-corrected chi connectivity index (χ2v) is 29.7. The average molecular weight is 1330 g/mol. The molecule has 0 aliphatic heterocycles. The lowest BCUT2D eigenvalue weighted by Gasteiger charge is -2.21. The van der Waals surface area contributed by atoms with Crippen molar-refractivity contribution in [2.45, 2.75) is 369 Å². The Bertz CT molecular complexity index is 1790. The van der Waals surface area contributed by atoms with Crippen molar-refractivity contribution in [3.05, 3.63) is 0 Å². The molecule has 0 amide bonds. The Kier molecular flexibility index (Phi) is 59.4. The molecule has 90 heavy (non-hydrogen) atoms. The lowest BCUT2D eigenvalue weighted by atomic mass is 9.99. The molecule has 534 valence electrons. The van der Waals surface area contributed by atoms with Crippen molar-refractivity contribution < 1.29 is 80.2 Å². The summed E-state index contributed by atoms with van der Waals surface area (Å²) in [6, 6.07) is 0. The SMILES string of the molecule is CCC(C)CCCCCCCCCCCCCCCCC(=O)O[C@H](COC(=O)CCCCCCCCCCC(C)CC)COP(=O)(O)OCC(O)COP(=O)(O)OC[C@@H](COC(=O)CCCCCCCCCC(C)C)OC(=O)CCCCCCCCC(C)CC. The number of phosphoric ester groups is 2. The van der Waals surface area contributed by atoms with Crippen LogP contribution in [0.3, 0.4) is 0 Å². The van der Waals surface area contributed by atoms with Crippen LogP contribution in [0.5, 0.6) is 0 Å². The van der Waals surface area contributed by atoms with Gasteiger partial charge < -0.3 is 33.8 Å². The van der Waals surface area contributed by atoms with Crippen molar-refractivity contribution in [2.24, 2.45) is 23.7 Å². The highest BCUT2D eigenvalue weighted by molar-refractivity contribution is 7.47. The van der Waals surface area contributed by atoms with E-state index in [-0.39, 0.29) is 25.7 Å². The molecule has 0 aliphatic rings. The summed E-state index contributed by atoms with van der Waals surface area (Å²) in [6.07, 6.45) is 43.1. The summed E-state index contributed by atoms with van der Waals surface area (Å²) in [7, 11) is -9.90. The van der Waals surface area contributed by atoms with Crippen LogP contribution in [0.25, 0.3) is 0 Å². The fraction of sp³-hybridized carbons (Fsp3) is 0.944. The molecule has 0 saturated carbocycles. The molecule has 8 atom stereocenters. The highest BCUT2D eigenvalue weighted by Crippen LogP contribution is 2.45. The number of hydrogen-bond donors (Lipinski definition) is 3. The third-order valence-corrected chi connectivity index (χ3v) is 19.3. The number of phosphoric acid groups is 2. The maximum atomic E-state index is 13.0. The minimum atomic E-state index is -4.95. The Morgan fingerprint density at radius 3 is 0.789 bits per heavy atom. The van der Waals surface area contributed by atoms with Gasteiger partial charge in [-0.15, -0.1) is 0 Å². The molecule has 0 aromatic carbocycles. The zero-order valence-electron chi connectivity index (χ0n) is 58.8. The molecule has 0 rings (SSSR count). The maximum absolute atomic E-state index is 13.0. The van der Waals surface area contributed by atoms with Crippen LogP contribution in [0.4, 0.5) is 0 Å². The predicted octanol–water partition coefficient (Wildman–Crippen LogP) is 20.1. The molecule has 0 heterocycles. The van der Waals surface area contributed by atoms with Gasteiger partial charge in [-0.25, -0.2) is 9.13 Å². The summed E-state index contributed by atoms with van der Waals surface area (Å²) in [5, 5.41) is 10.6. The fourth-order valence-corrected chi connectivity index (χ4v) is 12.1. The summed E-state index contributed by atoms with van der Waals surface area (Å²) in [5.74, 6) is 0.917. The second-order valence-electron chi connectivity index (χ2n) is 26.8. The first-order valence-electron chi connectivity index (χ1n) is 36.8. The summed E-state index contributed by atoms with van der Waals surface area (Å²) in [6.45, 7) is 14.1. The van der Waals surface area contributed by atoms with Crippen molar-refractivity contribution >= 4 is 39.5 Å². The molecule has 0 spiro atoms. The fourth-order valence-electron chi connectivity index (χ4n) is 10.6. The molecule has 0 radical (unpaired) electrons. The molecule has 0 aliphatic carbocycles. The number of rotatable bonds is 68. The highest BCUT2D eigenvalue weighted by Gasteiger charge is 2.30. The third kappa shape index (κ3) is 61.0. The van der Waals surface area contributed by atoms with Crippen LogP contribution in [0, 0.1) is 23.7 Å². The number of hydrogen-bond acceptors (Lipinski definition) is 15. The van der Waals surface area contributed by atoms with Crippen LogP contribution in [0.1, 0.15) is 351 Å². The maximum Gasteiger partial charge on any atom is 0.472 e. The molecule has 0 bridgehead atoms. The van der Waals surface area contributed by atoms with E-state index in [1.165, 1.54) is 148 Å². The van der Waals surface area contributed by atoms with Gasteiger partial charge in [-0.05, 0) is 49.4 Å².